The van der Waals surface area contributed by atoms with Crippen molar-refractivity contribution < 1.29 is 9.53 Å². The van der Waals surface area contributed by atoms with Crippen molar-refractivity contribution in [2.24, 2.45) is 11.3 Å². The number of aromatic nitrogens is 4. The van der Waals surface area contributed by atoms with E-state index in [1.54, 1.807) is 11.1 Å². The van der Waals surface area contributed by atoms with Gasteiger partial charge in [0.05, 0.1) is 5.41 Å². The third kappa shape index (κ3) is 4.34. The normalized spacial score (nSPS) is 20.2. The number of nitrogens with zero attached hydrogens (tertiary/aromatic N) is 5. The van der Waals surface area contributed by atoms with Gasteiger partial charge in [-0.25, -0.2) is 15.0 Å². The van der Waals surface area contributed by atoms with Gasteiger partial charge in [-0.3, -0.25) is 14.3 Å². The van der Waals surface area contributed by atoms with Gasteiger partial charge in [0.15, 0.2) is 0 Å². The summed E-state index contributed by atoms with van der Waals surface area (Å²) in [4.78, 5) is 28.5. The molecule has 0 bridgehead atoms. The van der Waals surface area contributed by atoms with E-state index in [9.17, 15) is 4.79 Å². The zero-order valence-electron chi connectivity index (χ0n) is 19.9. The first kappa shape index (κ1) is 22.6. The van der Waals surface area contributed by atoms with Crippen molar-refractivity contribution in [2.75, 3.05) is 11.5 Å². The maximum Gasteiger partial charge on any atom is 0.239 e. The number of rotatable bonds is 7. The summed E-state index contributed by atoms with van der Waals surface area (Å²) in [6.45, 7) is 14.0. The van der Waals surface area contributed by atoms with Gasteiger partial charge in [0.2, 0.25) is 11.9 Å². The number of hydrogen-bond donors (Lipinski definition) is 0. The molecule has 0 spiro atoms. The van der Waals surface area contributed by atoms with Crippen LogP contribution in [0.1, 0.15) is 31.7 Å². The molecular weight excluding hydrogens is 418 g/mol. The summed E-state index contributed by atoms with van der Waals surface area (Å²) in [5.74, 6) is 1.53. The molecular formula is C24H33N5O2Si. The highest BCUT2D eigenvalue weighted by Gasteiger charge is 2.52. The van der Waals surface area contributed by atoms with Crippen LogP contribution in [0.25, 0.3) is 5.57 Å². The number of amides is 1. The van der Waals surface area contributed by atoms with Gasteiger partial charge in [-0.15, -0.1) is 0 Å². The zero-order chi connectivity index (χ0) is 23.1. The lowest BCUT2D eigenvalue weighted by Crippen LogP contribution is -2.33. The molecule has 1 aliphatic carbocycles. The Morgan fingerprint density at radius 1 is 1.19 bits per heavy atom. The van der Waals surface area contributed by atoms with Gasteiger partial charge in [-0.1, -0.05) is 39.6 Å². The van der Waals surface area contributed by atoms with Crippen LogP contribution >= 0.6 is 0 Å². The average Bonchev–Trinajstić information content (AvgIpc) is 3.26. The second kappa shape index (κ2) is 8.40. The Balaban J connectivity index is 1.62. The van der Waals surface area contributed by atoms with E-state index in [1.807, 2.05) is 43.9 Å². The summed E-state index contributed by atoms with van der Waals surface area (Å²) in [6.07, 6.45) is 12.4. The topological polar surface area (TPSA) is 73.1 Å². The van der Waals surface area contributed by atoms with Crippen molar-refractivity contribution in [1.29, 1.82) is 0 Å². The van der Waals surface area contributed by atoms with Gasteiger partial charge in [0.25, 0.3) is 0 Å². The van der Waals surface area contributed by atoms with Crippen molar-refractivity contribution >= 4 is 25.5 Å². The number of aryl methyl sites for hydroxylation is 1. The molecule has 0 aromatic carbocycles. The largest absolute Gasteiger partial charge is 0.361 e. The van der Waals surface area contributed by atoms with Gasteiger partial charge in [-0.2, -0.15) is 0 Å². The van der Waals surface area contributed by atoms with Crippen LogP contribution in [0.15, 0.2) is 42.6 Å². The molecule has 7 nitrogen and oxygen atoms in total. The minimum absolute atomic E-state index is 0.0677. The Morgan fingerprint density at radius 2 is 1.91 bits per heavy atom. The number of anilines is 1. The number of hydrogen-bond acceptors (Lipinski definition) is 5. The van der Waals surface area contributed by atoms with Crippen molar-refractivity contribution in [3.8, 4) is 0 Å². The van der Waals surface area contributed by atoms with E-state index in [0.717, 1.165) is 41.7 Å². The molecule has 2 aliphatic rings. The Bertz CT molecular complexity index is 1060. The Labute approximate surface area is 191 Å². The molecule has 1 fully saturated rings. The first-order chi connectivity index (χ1) is 15.1. The summed E-state index contributed by atoms with van der Waals surface area (Å²) in [5.41, 5.74) is 2.47. The molecule has 32 heavy (non-hydrogen) atoms. The minimum Gasteiger partial charge on any atom is -0.361 e. The Morgan fingerprint density at radius 3 is 2.59 bits per heavy atom. The smallest absolute Gasteiger partial charge is 0.239 e. The fraction of sp³-hybridized carbons (Fsp3) is 0.500. The number of fused-ring (bicyclic) bond motifs is 1. The number of allylic oxidation sites excluding steroid dienone is 4. The predicted octanol–water partition coefficient (Wildman–Crippen LogP) is 4.65. The van der Waals surface area contributed by atoms with Crippen LogP contribution in [0.2, 0.25) is 25.7 Å². The molecule has 3 heterocycles. The molecule has 170 valence electrons. The lowest BCUT2D eigenvalue weighted by Gasteiger charge is -2.26. The summed E-state index contributed by atoms with van der Waals surface area (Å²) >= 11 is 0. The Kier molecular flexibility index (Phi) is 5.94. The van der Waals surface area contributed by atoms with Gasteiger partial charge in [0.1, 0.15) is 12.6 Å². The summed E-state index contributed by atoms with van der Waals surface area (Å²) < 4.78 is 7.88. The third-order valence-corrected chi connectivity index (χ3v) is 8.06. The maximum atomic E-state index is 13.5. The monoisotopic (exact) mass is 451 g/mol. The van der Waals surface area contributed by atoms with E-state index in [1.165, 1.54) is 0 Å². The fourth-order valence-corrected chi connectivity index (χ4v) is 4.98. The molecule has 1 saturated heterocycles. The Hall–Kier alpha value is -2.58. The molecule has 2 aromatic rings. The molecule has 0 N–H and O–H groups in total. The van der Waals surface area contributed by atoms with E-state index in [2.05, 4.69) is 46.7 Å². The van der Waals surface area contributed by atoms with Crippen LogP contribution in [0, 0.1) is 18.3 Å². The SMILES string of the molecule is Cc1ncc(C2=CCC3C(=C2)N(c2nccn2COCC[Si](C)(C)C)C(=O)C3(C)C)cn1. The van der Waals surface area contributed by atoms with E-state index < -0.39 is 13.5 Å². The number of carbonyl (C=O) groups excluding carboxylic acids is 1. The first-order valence-corrected chi connectivity index (χ1v) is 14.9. The molecule has 2 aromatic heterocycles. The number of imidazole rings is 1. The lowest BCUT2D eigenvalue weighted by atomic mass is 9.75. The first-order valence-electron chi connectivity index (χ1n) is 11.2. The van der Waals surface area contributed by atoms with Crippen LogP contribution in [0.5, 0.6) is 0 Å². The molecule has 0 saturated carbocycles. The zero-order valence-corrected chi connectivity index (χ0v) is 20.9. The lowest BCUT2D eigenvalue weighted by molar-refractivity contribution is -0.125. The third-order valence-electron chi connectivity index (χ3n) is 6.35. The minimum atomic E-state index is -1.16. The van der Waals surface area contributed by atoms with Gasteiger partial charge < -0.3 is 4.74 Å². The predicted molar refractivity (Wildman–Crippen MR) is 129 cm³/mol. The number of ether oxygens (including phenoxy) is 1. The van der Waals surface area contributed by atoms with E-state index >= 15 is 0 Å². The van der Waals surface area contributed by atoms with Crippen LogP contribution in [-0.2, 0) is 16.3 Å². The molecule has 8 heteroatoms. The number of carbonyl (C=O) groups is 1. The second-order valence-corrected chi connectivity index (χ2v) is 16.1. The maximum absolute atomic E-state index is 13.5. The van der Waals surface area contributed by atoms with Crippen LogP contribution in [0.3, 0.4) is 0 Å². The molecule has 1 atom stereocenters. The fourth-order valence-electron chi connectivity index (χ4n) is 4.22. The van der Waals surface area contributed by atoms with Crippen molar-refractivity contribution in [2.45, 2.75) is 59.6 Å². The van der Waals surface area contributed by atoms with Crippen molar-refractivity contribution in [1.82, 2.24) is 19.5 Å². The van der Waals surface area contributed by atoms with Crippen molar-refractivity contribution in [3.63, 3.8) is 0 Å². The summed E-state index contributed by atoms with van der Waals surface area (Å²) in [6, 6.07) is 1.10. The molecule has 0 radical (unpaired) electrons. The standard InChI is InChI=1S/C24H33N5O2Si/c1-17-26-14-19(15-27-17)18-7-8-20-21(13-18)29(22(30)24(20,2)3)23-25-9-10-28(23)16-31-11-12-32(4,5)6/h7,9-10,13-15,20H,8,11-12,16H2,1-6H3. The van der Waals surface area contributed by atoms with Crippen LogP contribution in [0.4, 0.5) is 5.95 Å². The molecule has 1 unspecified atom stereocenters. The highest BCUT2D eigenvalue weighted by Crippen LogP contribution is 2.50. The molecule has 1 aliphatic heterocycles. The van der Waals surface area contributed by atoms with Gasteiger partial charge in [0, 0.05) is 56.6 Å². The van der Waals surface area contributed by atoms with Crippen molar-refractivity contribution in [3.05, 3.63) is 54.0 Å². The van der Waals surface area contributed by atoms with Gasteiger partial charge >= 0.3 is 0 Å². The highest BCUT2D eigenvalue weighted by molar-refractivity contribution is 6.76. The second-order valence-electron chi connectivity index (χ2n) is 10.4. The van der Waals surface area contributed by atoms with E-state index in [0.29, 0.717) is 12.7 Å². The van der Waals surface area contributed by atoms with Crippen LogP contribution in [-0.4, -0.2) is 40.1 Å². The van der Waals surface area contributed by atoms with E-state index in [4.69, 9.17) is 4.74 Å². The van der Waals surface area contributed by atoms with Gasteiger partial charge in [-0.05, 0) is 31.0 Å². The van der Waals surface area contributed by atoms with Crippen LogP contribution < -0.4 is 4.90 Å². The average molecular weight is 452 g/mol. The molecule has 1 amide bonds. The summed E-state index contributed by atoms with van der Waals surface area (Å²) in [5, 5.41) is 0. The highest BCUT2D eigenvalue weighted by atomic mass is 28.3. The molecule has 4 rings (SSSR count). The summed E-state index contributed by atoms with van der Waals surface area (Å²) in [7, 11) is -1.16. The quantitative estimate of drug-likeness (QED) is 0.452. The van der Waals surface area contributed by atoms with E-state index in [-0.39, 0.29) is 11.8 Å².